The van der Waals surface area contributed by atoms with E-state index in [0.717, 1.165) is 110 Å². The number of nitriles is 1. The maximum atomic E-state index is 10.8. The molecule has 0 spiro atoms. The van der Waals surface area contributed by atoms with Crippen molar-refractivity contribution in [1.82, 2.24) is 9.13 Å². The van der Waals surface area contributed by atoms with Gasteiger partial charge in [-0.3, -0.25) is 0 Å². The number of furan rings is 2. The zero-order valence-electron chi connectivity index (χ0n) is 29.6. The first-order valence-corrected chi connectivity index (χ1v) is 18.4. The topological polar surface area (TPSA) is 64.3 Å². The minimum Gasteiger partial charge on any atom is -0.456 e. The van der Waals surface area contributed by atoms with Gasteiger partial charge in [0.2, 0.25) is 0 Å². The SMILES string of the molecule is [C-]#[N+]c1cc(-c2cccc(C#N)c2-n2c3ccccc3c3c4c(ccc32)oc2ccccc24)cc(-n2c3ccccc3c3c4c(ccc32)oc2ccccc24)c1. The third-order valence-corrected chi connectivity index (χ3v) is 11.3. The molecule has 258 valence electrons. The molecule has 4 heterocycles. The quantitative estimate of drug-likeness (QED) is 0.171. The van der Waals surface area contributed by atoms with Crippen LogP contribution in [-0.4, -0.2) is 9.13 Å². The van der Waals surface area contributed by atoms with Gasteiger partial charge in [-0.1, -0.05) is 84.9 Å². The lowest BCUT2D eigenvalue weighted by Crippen LogP contribution is -2.01. The van der Waals surface area contributed by atoms with Crippen molar-refractivity contribution in [3.05, 3.63) is 175 Å². The summed E-state index contributed by atoms with van der Waals surface area (Å²) < 4.78 is 17.1. The van der Waals surface area contributed by atoms with Crippen LogP contribution in [0.1, 0.15) is 5.56 Å². The second kappa shape index (κ2) is 11.2. The summed E-state index contributed by atoms with van der Waals surface area (Å²) in [4.78, 5) is 4.00. The van der Waals surface area contributed by atoms with Crippen molar-refractivity contribution < 1.29 is 8.83 Å². The van der Waals surface area contributed by atoms with Crippen LogP contribution in [0.4, 0.5) is 5.69 Å². The predicted molar refractivity (Wildman–Crippen MR) is 226 cm³/mol. The first kappa shape index (κ1) is 30.4. The van der Waals surface area contributed by atoms with Gasteiger partial charge >= 0.3 is 0 Å². The molecule has 0 atom stereocenters. The minimum atomic E-state index is 0.500. The molecule has 0 aliphatic carbocycles. The molecule has 8 aromatic carbocycles. The van der Waals surface area contributed by atoms with Gasteiger partial charge < -0.3 is 18.0 Å². The molecule has 0 saturated heterocycles. The van der Waals surface area contributed by atoms with Gasteiger partial charge in [0.15, 0.2) is 5.69 Å². The molecule has 0 saturated carbocycles. The highest BCUT2D eigenvalue weighted by Crippen LogP contribution is 2.45. The summed E-state index contributed by atoms with van der Waals surface area (Å²) in [5.41, 5.74) is 11.6. The fraction of sp³-hybridized carbons (Fsp3) is 0. The molecule has 0 fully saturated rings. The molecule has 0 radical (unpaired) electrons. The van der Waals surface area contributed by atoms with Crippen LogP contribution < -0.4 is 0 Å². The van der Waals surface area contributed by atoms with E-state index in [1.165, 1.54) is 0 Å². The van der Waals surface area contributed by atoms with E-state index in [1.807, 2.05) is 78.9 Å². The Morgan fingerprint density at radius 3 is 1.64 bits per heavy atom. The first-order valence-electron chi connectivity index (χ1n) is 18.4. The summed E-state index contributed by atoms with van der Waals surface area (Å²) in [5.74, 6) is 0. The van der Waals surface area contributed by atoms with E-state index in [9.17, 15) is 5.26 Å². The van der Waals surface area contributed by atoms with Crippen LogP contribution in [0.2, 0.25) is 0 Å². The molecule has 4 aromatic heterocycles. The molecule has 6 nitrogen and oxygen atoms in total. The fourth-order valence-corrected chi connectivity index (χ4v) is 9.12. The van der Waals surface area contributed by atoms with E-state index in [0.29, 0.717) is 11.3 Å². The van der Waals surface area contributed by atoms with E-state index >= 15 is 0 Å². The molecule has 0 aliphatic heterocycles. The van der Waals surface area contributed by atoms with Gasteiger partial charge in [-0.05, 0) is 78.4 Å². The molecular weight excluding hydrogens is 689 g/mol. The fourth-order valence-electron chi connectivity index (χ4n) is 9.12. The van der Waals surface area contributed by atoms with E-state index in [4.69, 9.17) is 15.4 Å². The Hall–Kier alpha value is -8.06. The summed E-state index contributed by atoms with van der Waals surface area (Å²) in [5, 5.41) is 19.3. The standard InChI is InChI=1S/C50H26N4O2/c1-52-31-25-30(26-32(27-31)53-38-17-6-2-12-34(38)46-40(53)21-23-44-48(46)36-14-4-8-19-42(36)55-44)33-16-10-11-29(28-51)50(33)54-39-18-7-3-13-35(39)47-41(54)22-24-45-49(47)37-15-5-9-20-43(37)56-45/h2-27H. The smallest absolute Gasteiger partial charge is 0.189 e. The molecule has 0 aliphatic rings. The summed E-state index contributed by atoms with van der Waals surface area (Å²) in [6.07, 6.45) is 0. The van der Waals surface area contributed by atoms with Crippen LogP contribution >= 0.6 is 0 Å². The van der Waals surface area contributed by atoms with Crippen LogP contribution in [0.15, 0.2) is 167 Å². The number of benzene rings is 8. The Morgan fingerprint density at radius 1 is 0.482 bits per heavy atom. The highest BCUT2D eigenvalue weighted by Gasteiger charge is 2.24. The normalized spacial score (nSPS) is 11.9. The molecule has 0 amide bonds. The number of nitrogens with zero attached hydrogens (tertiary/aromatic N) is 4. The monoisotopic (exact) mass is 714 g/mol. The number of hydrogen-bond acceptors (Lipinski definition) is 3. The lowest BCUT2D eigenvalue weighted by Gasteiger charge is -2.17. The highest BCUT2D eigenvalue weighted by molar-refractivity contribution is 6.28. The highest BCUT2D eigenvalue weighted by atomic mass is 16.3. The molecule has 12 aromatic rings. The molecule has 0 bridgehead atoms. The Balaban J connectivity index is 1.17. The lowest BCUT2D eigenvalue weighted by atomic mass is 9.98. The van der Waals surface area contributed by atoms with Gasteiger partial charge in [-0.15, -0.1) is 0 Å². The van der Waals surface area contributed by atoms with Crippen LogP contribution in [0, 0.1) is 17.9 Å². The molecule has 12 rings (SSSR count). The maximum absolute atomic E-state index is 10.8. The van der Waals surface area contributed by atoms with E-state index < -0.39 is 0 Å². The molecule has 56 heavy (non-hydrogen) atoms. The Labute approximate surface area is 318 Å². The van der Waals surface area contributed by atoms with Crippen LogP contribution in [0.5, 0.6) is 0 Å². The van der Waals surface area contributed by atoms with E-state index in [2.05, 4.69) is 98.9 Å². The van der Waals surface area contributed by atoms with Gasteiger partial charge in [0.05, 0.1) is 39.9 Å². The number of hydrogen-bond donors (Lipinski definition) is 0. The number of rotatable bonds is 3. The second-order valence-electron chi connectivity index (χ2n) is 14.2. The largest absolute Gasteiger partial charge is 0.456 e. The number of fused-ring (bicyclic) bond motifs is 14. The van der Waals surface area contributed by atoms with Gasteiger partial charge in [0, 0.05) is 54.3 Å². The maximum Gasteiger partial charge on any atom is 0.189 e. The van der Waals surface area contributed by atoms with Crippen molar-refractivity contribution in [1.29, 1.82) is 5.26 Å². The zero-order valence-corrected chi connectivity index (χ0v) is 29.6. The summed E-state index contributed by atoms with van der Waals surface area (Å²) >= 11 is 0. The van der Waals surface area contributed by atoms with Gasteiger partial charge in [0.25, 0.3) is 0 Å². The minimum absolute atomic E-state index is 0.500. The average molecular weight is 715 g/mol. The van der Waals surface area contributed by atoms with Crippen LogP contribution in [0.25, 0.3) is 115 Å². The van der Waals surface area contributed by atoms with Crippen molar-refractivity contribution in [3.63, 3.8) is 0 Å². The van der Waals surface area contributed by atoms with Crippen molar-refractivity contribution in [2.24, 2.45) is 0 Å². The van der Waals surface area contributed by atoms with Crippen molar-refractivity contribution in [2.45, 2.75) is 0 Å². The third kappa shape index (κ3) is 4.02. The average Bonchev–Trinajstić information content (AvgIpc) is 4.00. The number of aromatic nitrogens is 2. The molecular formula is C50H26N4O2. The van der Waals surface area contributed by atoms with Crippen molar-refractivity contribution in [2.75, 3.05) is 0 Å². The van der Waals surface area contributed by atoms with Gasteiger partial charge in [-0.25, -0.2) is 4.85 Å². The van der Waals surface area contributed by atoms with Crippen LogP contribution in [-0.2, 0) is 0 Å². The lowest BCUT2D eigenvalue weighted by molar-refractivity contribution is 0.669. The molecule has 6 heteroatoms. The zero-order chi connectivity index (χ0) is 37.1. The second-order valence-corrected chi connectivity index (χ2v) is 14.2. The van der Waals surface area contributed by atoms with Gasteiger partial charge in [-0.2, -0.15) is 5.26 Å². The first-order chi connectivity index (χ1) is 27.7. The Bertz CT molecular complexity index is 3750. The van der Waals surface area contributed by atoms with Crippen molar-refractivity contribution >= 4 is 93.2 Å². The predicted octanol–water partition coefficient (Wildman–Crippen LogP) is 13.8. The van der Waals surface area contributed by atoms with Crippen LogP contribution in [0.3, 0.4) is 0 Å². The summed E-state index contributed by atoms with van der Waals surface area (Å²) in [6.45, 7) is 8.28. The summed E-state index contributed by atoms with van der Waals surface area (Å²) in [6, 6.07) is 55.8. The Morgan fingerprint density at radius 2 is 1.04 bits per heavy atom. The third-order valence-electron chi connectivity index (χ3n) is 11.3. The molecule has 0 N–H and O–H groups in total. The molecule has 0 unspecified atom stereocenters. The van der Waals surface area contributed by atoms with E-state index in [1.54, 1.807) is 0 Å². The number of para-hydroxylation sites is 5. The Kier molecular flexibility index (Phi) is 6.10. The van der Waals surface area contributed by atoms with Gasteiger partial charge in [0.1, 0.15) is 28.4 Å². The van der Waals surface area contributed by atoms with Crippen molar-refractivity contribution in [3.8, 4) is 28.6 Å². The summed E-state index contributed by atoms with van der Waals surface area (Å²) in [7, 11) is 0. The van der Waals surface area contributed by atoms with E-state index in [-0.39, 0.29) is 0 Å².